The van der Waals surface area contributed by atoms with Gasteiger partial charge in [-0.2, -0.15) is 0 Å². The lowest BCUT2D eigenvalue weighted by Crippen LogP contribution is -2.21. The highest BCUT2D eigenvalue weighted by atomic mass is 16.5. The summed E-state index contributed by atoms with van der Waals surface area (Å²) >= 11 is 0. The molecule has 0 unspecified atom stereocenters. The van der Waals surface area contributed by atoms with Crippen LogP contribution in [0.4, 0.5) is 11.4 Å². The van der Waals surface area contributed by atoms with Crippen LogP contribution < -0.4 is 20.1 Å². The van der Waals surface area contributed by atoms with Crippen molar-refractivity contribution in [1.82, 2.24) is 0 Å². The van der Waals surface area contributed by atoms with Crippen LogP contribution in [0.3, 0.4) is 0 Å². The van der Waals surface area contributed by atoms with Gasteiger partial charge in [0.2, 0.25) is 5.91 Å². The first kappa shape index (κ1) is 18.7. The highest BCUT2D eigenvalue weighted by Gasteiger charge is 2.15. The van der Waals surface area contributed by atoms with E-state index in [-0.39, 0.29) is 18.4 Å². The number of carbonyl (C=O) groups excluding carboxylic acids is 2. The number of rotatable bonds is 8. The van der Waals surface area contributed by atoms with Gasteiger partial charge in [0.25, 0.3) is 5.91 Å². The number of hydrogen-bond donors (Lipinski definition) is 2. The predicted molar refractivity (Wildman–Crippen MR) is 101 cm³/mol. The minimum atomic E-state index is -0.255. The molecule has 0 aromatic heterocycles. The van der Waals surface area contributed by atoms with E-state index in [0.717, 1.165) is 11.3 Å². The van der Waals surface area contributed by atoms with Crippen molar-refractivity contribution in [2.75, 3.05) is 37.6 Å². The zero-order valence-corrected chi connectivity index (χ0v) is 15.1. The molecule has 0 aliphatic carbocycles. The van der Waals surface area contributed by atoms with E-state index in [2.05, 4.69) is 10.6 Å². The number of aryl methyl sites for hydroxylation is 1. The molecular formula is C20H22N2O5. The van der Waals surface area contributed by atoms with Gasteiger partial charge in [0.05, 0.1) is 6.61 Å². The number of fused-ring (bicyclic) bond motifs is 1. The fourth-order valence-corrected chi connectivity index (χ4v) is 2.67. The Morgan fingerprint density at radius 3 is 2.59 bits per heavy atom. The average Bonchev–Trinajstić information content (AvgIpc) is 2.68. The van der Waals surface area contributed by atoms with Gasteiger partial charge in [0, 0.05) is 24.9 Å². The smallest absolute Gasteiger partial charge is 0.262 e. The lowest BCUT2D eigenvalue weighted by molar-refractivity contribution is -0.118. The SMILES string of the molecule is COCCOc1ccc(NC(=O)COc2ccc3c(c2)CCC(=O)N3)cc1. The molecule has 2 aromatic rings. The van der Waals surface area contributed by atoms with E-state index < -0.39 is 0 Å². The fraction of sp³-hybridized carbons (Fsp3) is 0.300. The summed E-state index contributed by atoms with van der Waals surface area (Å²) in [6, 6.07) is 12.5. The predicted octanol–water partition coefficient (Wildman–Crippen LogP) is 2.61. The van der Waals surface area contributed by atoms with E-state index in [9.17, 15) is 9.59 Å². The van der Waals surface area contributed by atoms with E-state index in [1.54, 1.807) is 43.5 Å². The number of carbonyl (C=O) groups is 2. The van der Waals surface area contributed by atoms with E-state index in [0.29, 0.717) is 43.2 Å². The van der Waals surface area contributed by atoms with Crippen LogP contribution in [0.1, 0.15) is 12.0 Å². The second kappa shape index (κ2) is 9.05. The molecule has 7 nitrogen and oxygen atoms in total. The number of methoxy groups -OCH3 is 1. The van der Waals surface area contributed by atoms with Crippen molar-refractivity contribution in [3.8, 4) is 11.5 Å². The molecule has 2 N–H and O–H groups in total. The third kappa shape index (κ3) is 5.46. The van der Waals surface area contributed by atoms with E-state index in [1.807, 2.05) is 6.07 Å². The van der Waals surface area contributed by atoms with Crippen molar-refractivity contribution in [3.63, 3.8) is 0 Å². The summed E-state index contributed by atoms with van der Waals surface area (Å²) in [7, 11) is 1.62. The van der Waals surface area contributed by atoms with Crippen LogP contribution in [0.5, 0.6) is 11.5 Å². The standard InChI is InChI=1S/C20H22N2O5/c1-25-10-11-26-16-5-3-15(4-6-16)21-20(24)13-27-17-7-8-18-14(12-17)2-9-19(23)22-18/h3-8,12H,2,9-11,13H2,1H3,(H,21,24)(H,22,23). The molecule has 0 spiro atoms. The summed E-state index contributed by atoms with van der Waals surface area (Å²) in [6.45, 7) is 0.891. The number of benzene rings is 2. The summed E-state index contributed by atoms with van der Waals surface area (Å²) in [5, 5.41) is 5.59. The zero-order chi connectivity index (χ0) is 19.1. The summed E-state index contributed by atoms with van der Waals surface area (Å²) in [6.07, 6.45) is 1.13. The third-order valence-corrected chi connectivity index (χ3v) is 4.04. The average molecular weight is 370 g/mol. The molecule has 142 valence electrons. The molecule has 0 bridgehead atoms. The first-order chi connectivity index (χ1) is 13.1. The first-order valence-corrected chi connectivity index (χ1v) is 8.71. The Bertz CT molecular complexity index is 805. The van der Waals surface area contributed by atoms with Gasteiger partial charge in [-0.1, -0.05) is 0 Å². The fourth-order valence-electron chi connectivity index (χ4n) is 2.67. The van der Waals surface area contributed by atoms with Gasteiger partial charge in [-0.15, -0.1) is 0 Å². The zero-order valence-electron chi connectivity index (χ0n) is 15.1. The van der Waals surface area contributed by atoms with Crippen molar-refractivity contribution >= 4 is 23.2 Å². The van der Waals surface area contributed by atoms with Gasteiger partial charge in [-0.05, 0) is 54.4 Å². The summed E-state index contributed by atoms with van der Waals surface area (Å²) in [4.78, 5) is 23.4. The van der Waals surface area contributed by atoms with E-state index >= 15 is 0 Å². The Hall–Kier alpha value is -3.06. The quantitative estimate of drug-likeness (QED) is 0.698. The van der Waals surface area contributed by atoms with Crippen molar-refractivity contribution in [2.24, 2.45) is 0 Å². The van der Waals surface area contributed by atoms with Gasteiger partial charge < -0.3 is 24.8 Å². The number of ether oxygens (including phenoxy) is 3. The van der Waals surface area contributed by atoms with Crippen LogP contribution in [0.25, 0.3) is 0 Å². The molecule has 1 aliphatic rings. The molecule has 7 heteroatoms. The monoisotopic (exact) mass is 370 g/mol. The van der Waals surface area contributed by atoms with Crippen LogP contribution in [-0.2, 0) is 20.7 Å². The molecule has 2 aromatic carbocycles. The molecule has 27 heavy (non-hydrogen) atoms. The van der Waals surface area contributed by atoms with Crippen LogP contribution in [-0.4, -0.2) is 38.7 Å². The van der Waals surface area contributed by atoms with Crippen LogP contribution in [0.2, 0.25) is 0 Å². The third-order valence-electron chi connectivity index (χ3n) is 4.04. The molecular weight excluding hydrogens is 348 g/mol. The maximum absolute atomic E-state index is 12.1. The Kier molecular flexibility index (Phi) is 6.27. The molecule has 0 saturated heterocycles. The number of amides is 2. The summed E-state index contributed by atoms with van der Waals surface area (Å²) in [5.74, 6) is 1.07. The van der Waals surface area contributed by atoms with Crippen LogP contribution in [0.15, 0.2) is 42.5 Å². The molecule has 0 saturated carbocycles. The molecule has 0 atom stereocenters. The second-order valence-corrected chi connectivity index (χ2v) is 6.07. The molecule has 0 radical (unpaired) electrons. The maximum Gasteiger partial charge on any atom is 0.262 e. The Morgan fingerprint density at radius 2 is 1.81 bits per heavy atom. The number of hydrogen-bond acceptors (Lipinski definition) is 5. The van der Waals surface area contributed by atoms with Crippen LogP contribution in [0, 0.1) is 0 Å². The highest BCUT2D eigenvalue weighted by Crippen LogP contribution is 2.26. The second-order valence-electron chi connectivity index (χ2n) is 6.07. The highest BCUT2D eigenvalue weighted by molar-refractivity contribution is 5.94. The lowest BCUT2D eigenvalue weighted by Gasteiger charge is -2.17. The lowest BCUT2D eigenvalue weighted by atomic mass is 10.0. The van der Waals surface area contributed by atoms with Crippen molar-refractivity contribution in [1.29, 1.82) is 0 Å². The summed E-state index contributed by atoms with van der Waals surface area (Å²) in [5.41, 5.74) is 2.48. The van der Waals surface area contributed by atoms with Gasteiger partial charge >= 0.3 is 0 Å². The van der Waals surface area contributed by atoms with Gasteiger partial charge in [-0.25, -0.2) is 0 Å². The Balaban J connectivity index is 1.47. The minimum Gasteiger partial charge on any atom is -0.491 e. The molecule has 2 amide bonds. The van der Waals surface area contributed by atoms with Crippen molar-refractivity contribution in [2.45, 2.75) is 12.8 Å². The minimum absolute atomic E-state index is 0.0191. The Morgan fingerprint density at radius 1 is 1.04 bits per heavy atom. The number of anilines is 2. The Labute approximate surface area is 157 Å². The first-order valence-electron chi connectivity index (χ1n) is 8.71. The maximum atomic E-state index is 12.1. The summed E-state index contributed by atoms with van der Waals surface area (Å²) < 4.78 is 16.0. The van der Waals surface area contributed by atoms with E-state index in [1.165, 1.54) is 0 Å². The van der Waals surface area contributed by atoms with Crippen LogP contribution >= 0.6 is 0 Å². The van der Waals surface area contributed by atoms with Gasteiger partial charge in [0.15, 0.2) is 6.61 Å². The van der Waals surface area contributed by atoms with Crippen molar-refractivity contribution in [3.05, 3.63) is 48.0 Å². The van der Waals surface area contributed by atoms with Gasteiger partial charge in [0.1, 0.15) is 18.1 Å². The van der Waals surface area contributed by atoms with Gasteiger partial charge in [-0.3, -0.25) is 9.59 Å². The molecule has 1 heterocycles. The van der Waals surface area contributed by atoms with Crippen molar-refractivity contribution < 1.29 is 23.8 Å². The normalized spacial score (nSPS) is 12.7. The molecule has 1 aliphatic heterocycles. The largest absolute Gasteiger partial charge is 0.491 e. The molecule has 0 fully saturated rings. The topological polar surface area (TPSA) is 85.9 Å². The number of nitrogens with one attached hydrogen (secondary N) is 2. The van der Waals surface area contributed by atoms with E-state index in [4.69, 9.17) is 14.2 Å². The molecule has 3 rings (SSSR count).